The summed E-state index contributed by atoms with van der Waals surface area (Å²) in [7, 11) is 2.13. The van der Waals surface area contributed by atoms with E-state index in [9.17, 15) is 0 Å². The van der Waals surface area contributed by atoms with Crippen molar-refractivity contribution in [3.63, 3.8) is 0 Å². The van der Waals surface area contributed by atoms with Gasteiger partial charge in [0.15, 0.2) is 0 Å². The molecule has 3 heteroatoms. The van der Waals surface area contributed by atoms with Crippen LogP contribution >= 0.6 is 11.6 Å². The van der Waals surface area contributed by atoms with Gasteiger partial charge in [-0.25, -0.2) is 0 Å². The Labute approximate surface area is 112 Å². The van der Waals surface area contributed by atoms with E-state index in [-0.39, 0.29) is 0 Å². The number of anilines is 3. The van der Waals surface area contributed by atoms with Gasteiger partial charge in [0.05, 0.1) is 10.7 Å². The molecule has 2 aromatic rings. The molecule has 0 radical (unpaired) electrons. The van der Waals surface area contributed by atoms with Crippen LogP contribution in [-0.2, 0) is 6.42 Å². The van der Waals surface area contributed by atoms with Gasteiger partial charge in [0.1, 0.15) is 0 Å². The predicted octanol–water partition coefficient (Wildman–Crippen LogP) is 4.08. The Balaban J connectivity index is 1.89. The number of likely N-dealkylation sites (N-methyl/N-ethyl adjacent to an activating group) is 1. The number of nitrogens with one attached hydrogen (secondary N) is 1. The second kappa shape index (κ2) is 4.54. The van der Waals surface area contributed by atoms with Crippen molar-refractivity contribution in [2.45, 2.75) is 6.42 Å². The van der Waals surface area contributed by atoms with Crippen LogP contribution < -0.4 is 10.2 Å². The molecular formula is C15H15ClN2. The highest BCUT2D eigenvalue weighted by Crippen LogP contribution is 2.31. The van der Waals surface area contributed by atoms with E-state index < -0.39 is 0 Å². The lowest BCUT2D eigenvalue weighted by molar-refractivity contribution is 0.956. The molecule has 0 fully saturated rings. The Kier molecular flexibility index (Phi) is 2.88. The number of hydrogen-bond acceptors (Lipinski definition) is 2. The van der Waals surface area contributed by atoms with Gasteiger partial charge >= 0.3 is 0 Å². The quantitative estimate of drug-likeness (QED) is 0.873. The highest BCUT2D eigenvalue weighted by Gasteiger charge is 2.15. The molecule has 1 heterocycles. The molecule has 1 aliphatic rings. The summed E-state index contributed by atoms with van der Waals surface area (Å²) in [4.78, 5) is 2.29. The van der Waals surface area contributed by atoms with Crippen molar-refractivity contribution in [1.29, 1.82) is 0 Å². The Morgan fingerprint density at radius 1 is 1.17 bits per heavy atom. The fourth-order valence-electron chi connectivity index (χ4n) is 2.36. The van der Waals surface area contributed by atoms with Crippen LogP contribution in [0.2, 0.25) is 5.02 Å². The summed E-state index contributed by atoms with van der Waals surface area (Å²) in [6.07, 6.45) is 1.11. The van der Waals surface area contributed by atoms with E-state index in [2.05, 4.69) is 35.5 Å². The van der Waals surface area contributed by atoms with Crippen molar-refractivity contribution in [2.75, 3.05) is 23.8 Å². The first-order valence-corrected chi connectivity index (χ1v) is 6.47. The van der Waals surface area contributed by atoms with Crippen molar-refractivity contribution < 1.29 is 0 Å². The number of benzene rings is 2. The summed E-state index contributed by atoms with van der Waals surface area (Å²) in [6.45, 7) is 1.10. The third kappa shape index (κ3) is 2.04. The minimum Gasteiger partial charge on any atom is -0.374 e. The van der Waals surface area contributed by atoms with Crippen molar-refractivity contribution in [1.82, 2.24) is 0 Å². The number of para-hydroxylation sites is 1. The average Bonchev–Trinajstić information content (AvgIpc) is 2.74. The summed E-state index contributed by atoms with van der Waals surface area (Å²) in [5, 5.41) is 4.11. The van der Waals surface area contributed by atoms with E-state index in [1.54, 1.807) is 0 Å². The van der Waals surface area contributed by atoms with Crippen LogP contribution in [0.4, 0.5) is 17.1 Å². The van der Waals surface area contributed by atoms with E-state index in [4.69, 9.17) is 11.6 Å². The Hall–Kier alpha value is -1.67. The van der Waals surface area contributed by atoms with Crippen molar-refractivity contribution in [3.05, 3.63) is 53.1 Å². The monoisotopic (exact) mass is 258 g/mol. The molecule has 0 saturated carbocycles. The zero-order valence-electron chi connectivity index (χ0n) is 10.3. The van der Waals surface area contributed by atoms with Gasteiger partial charge in [0, 0.05) is 25.0 Å². The Morgan fingerprint density at radius 2 is 2.00 bits per heavy atom. The summed E-state index contributed by atoms with van der Waals surface area (Å²) in [5.41, 5.74) is 4.77. The van der Waals surface area contributed by atoms with Gasteiger partial charge in [-0.05, 0) is 42.3 Å². The molecule has 1 N–H and O–H groups in total. The highest BCUT2D eigenvalue weighted by molar-refractivity contribution is 6.33. The number of halogens is 1. The first kappa shape index (κ1) is 11.4. The lowest BCUT2D eigenvalue weighted by Gasteiger charge is -2.13. The third-order valence-electron chi connectivity index (χ3n) is 3.36. The zero-order chi connectivity index (χ0) is 12.5. The van der Waals surface area contributed by atoms with Crippen molar-refractivity contribution in [2.24, 2.45) is 0 Å². The first-order valence-electron chi connectivity index (χ1n) is 6.09. The van der Waals surface area contributed by atoms with Gasteiger partial charge in [-0.3, -0.25) is 0 Å². The second-order valence-corrected chi connectivity index (χ2v) is 5.03. The van der Waals surface area contributed by atoms with Gasteiger partial charge in [-0.1, -0.05) is 23.7 Å². The standard InChI is InChI=1S/C15H15ClN2/c1-18-9-8-11-10-12(6-7-15(11)18)17-14-5-3-2-4-13(14)16/h2-7,10,17H,8-9H2,1H3. The summed E-state index contributed by atoms with van der Waals surface area (Å²) < 4.78 is 0. The van der Waals surface area contributed by atoms with Crippen LogP contribution in [0.3, 0.4) is 0 Å². The highest BCUT2D eigenvalue weighted by atomic mass is 35.5. The van der Waals surface area contributed by atoms with Crippen LogP contribution in [0.25, 0.3) is 0 Å². The fourth-order valence-corrected chi connectivity index (χ4v) is 2.55. The molecule has 18 heavy (non-hydrogen) atoms. The molecule has 92 valence electrons. The van der Waals surface area contributed by atoms with Crippen LogP contribution in [0, 0.1) is 0 Å². The summed E-state index contributed by atoms with van der Waals surface area (Å²) >= 11 is 6.14. The van der Waals surface area contributed by atoms with E-state index in [1.807, 2.05) is 24.3 Å². The number of hydrogen-bond donors (Lipinski definition) is 1. The van der Waals surface area contributed by atoms with Crippen LogP contribution in [-0.4, -0.2) is 13.6 Å². The summed E-state index contributed by atoms with van der Waals surface area (Å²) in [6, 6.07) is 14.3. The van der Waals surface area contributed by atoms with Crippen LogP contribution in [0.1, 0.15) is 5.56 Å². The molecule has 2 aromatic carbocycles. The Bertz CT molecular complexity index is 580. The fraction of sp³-hybridized carbons (Fsp3) is 0.200. The molecule has 0 aliphatic carbocycles. The zero-order valence-corrected chi connectivity index (χ0v) is 11.0. The van der Waals surface area contributed by atoms with E-state index >= 15 is 0 Å². The van der Waals surface area contributed by atoms with Crippen LogP contribution in [0.15, 0.2) is 42.5 Å². The molecule has 3 rings (SSSR count). The topological polar surface area (TPSA) is 15.3 Å². The van der Waals surface area contributed by atoms with Crippen molar-refractivity contribution >= 4 is 28.7 Å². The molecule has 1 aliphatic heterocycles. The molecule has 0 spiro atoms. The molecule has 0 aromatic heterocycles. The number of nitrogens with zero attached hydrogens (tertiary/aromatic N) is 1. The van der Waals surface area contributed by atoms with Gasteiger partial charge < -0.3 is 10.2 Å². The average molecular weight is 259 g/mol. The van der Waals surface area contributed by atoms with Gasteiger partial charge in [-0.15, -0.1) is 0 Å². The van der Waals surface area contributed by atoms with Crippen molar-refractivity contribution in [3.8, 4) is 0 Å². The van der Waals surface area contributed by atoms with E-state index in [0.717, 1.165) is 29.4 Å². The molecule has 2 nitrogen and oxygen atoms in total. The normalized spacial score (nSPS) is 13.6. The largest absolute Gasteiger partial charge is 0.374 e. The minimum absolute atomic E-state index is 0.745. The lowest BCUT2D eigenvalue weighted by Crippen LogP contribution is -2.12. The Morgan fingerprint density at radius 3 is 2.83 bits per heavy atom. The molecule has 0 unspecified atom stereocenters. The second-order valence-electron chi connectivity index (χ2n) is 4.62. The van der Waals surface area contributed by atoms with Gasteiger partial charge in [0.2, 0.25) is 0 Å². The van der Waals surface area contributed by atoms with Gasteiger partial charge in [0.25, 0.3) is 0 Å². The SMILES string of the molecule is CN1CCc2cc(Nc3ccccc3Cl)ccc21. The minimum atomic E-state index is 0.745. The predicted molar refractivity (Wildman–Crippen MR) is 78.2 cm³/mol. The maximum Gasteiger partial charge on any atom is 0.0640 e. The smallest absolute Gasteiger partial charge is 0.0640 e. The molecular weight excluding hydrogens is 244 g/mol. The van der Waals surface area contributed by atoms with Crippen LogP contribution in [0.5, 0.6) is 0 Å². The number of rotatable bonds is 2. The maximum atomic E-state index is 6.14. The van der Waals surface area contributed by atoms with Gasteiger partial charge in [-0.2, -0.15) is 0 Å². The molecule has 0 bridgehead atoms. The first-order chi connectivity index (χ1) is 8.74. The summed E-state index contributed by atoms with van der Waals surface area (Å²) in [5.74, 6) is 0. The molecule has 0 saturated heterocycles. The maximum absolute atomic E-state index is 6.14. The van der Waals surface area contributed by atoms with E-state index in [0.29, 0.717) is 0 Å². The van der Waals surface area contributed by atoms with E-state index in [1.165, 1.54) is 11.3 Å². The lowest BCUT2D eigenvalue weighted by atomic mass is 10.1. The molecule has 0 amide bonds. The number of fused-ring (bicyclic) bond motifs is 1. The molecule has 0 atom stereocenters. The third-order valence-corrected chi connectivity index (χ3v) is 3.69.